The van der Waals surface area contributed by atoms with Gasteiger partial charge in [0.1, 0.15) is 5.84 Å². The predicted octanol–water partition coefficient (Wildman–Crippen LogP) is 3.66. The molecular formula is C14H23N3. The van der Waals surface area contributed by atoms with Crippen molar-refractivity contribution in [3.8, 4) is 0 Å². The van der Waals surface area contributed by atoms with Crippen LogP contribution in [0, 0.1) is 10.8 Å². The van der Waals surface area contributed by atoms with Gasteiger partial charge in [0.15, 0.2) is 0 Å². The molecule has 0 amide bonds. The van der Waals surface area contributed by atoms with Gasteiger partial charge < -0.3 is 5.32 Å². The topological polar surface area (TPSA) is 48.2 Å². The third kappa shape index (κ3) is 7.28. The van der Waals surface area contributed by atoms with Crippen molar-refractivity contribution in [3.63, 3.8) is 0 Å². The molecule has 3 heteroatoms. The number of aliphatic imine (C=N–C) groups is 1. The van der Waals surface area contributed by atoms with Crippen molar-refractivity contribution in [3.05, 3.63) is 36.2 Å². The van der Waals surface area contributed by atoms with Crippen LogP contribution in [0.5, 0.6) is 0 Å². The summed E-state index contributed by atoms with van der Waals surface area (Å²) in [6, 6.07) is 0. The number of hydrogen-bond acceptors (Lipinski definition) is 2. The average molecular weight is 233 g/mol. The fourth-order valence-corrected chi connectivity index (χ4v) is 0.910. The summed E-state index contributed by atoms with van der Waals surface area (Å²) >= 11 is 0. The summed E-state index contributed by atoms with van der Waals surface area (Å²) in [5.41, 5.74) is 1.87. The van der Waals surface area contributed by atoms with Gasteiger partial charge in [-0.25, -0.2) is 4.99 Å². The first-order valence-corrected chi connectivity index (χ1v) is 5.66. The smallest absolute Gasteiger partial charge is 0.117 e. The molecule has 0 spiro atoms. The number of allylic oxidation sites excluding steroid dienone is 4. The fourth-order valence-electron chi connectivity index (χ4n) is 0.910. The Morgan fingerprint density at radius 2 is 1.94 bits per heavy atom. The number of hydrogen-bond donors (Lipinski definition) is 2. The van der Waals surface area contributed by atoms with Crippen molar-refractivity contribution in [1.82, 2.24) is 5.32 Å². The van der Waals surface area contributed by atoms with Crippen molar-refractivity contribution in [2.75, 3.05) is 0 Å². The van der Waals surface area contributed by atoms with Gasteiger partial charge in [-0.15, -0.1) is 0 Å². The summed E-state index contributed by atoms with van der Waals surface area (Å²) in [7, 11) is 0. The zero-order valence-corrected chi connectivity index (χ0v) is 11.5. The summed E-state index contributed by atoms with van der Waals surface area (Å²) in [5.74, 6) is 0.288. The molecule has 2 N–H and O–H groups in total. The molecule has 0 aliphatic heterocycles. The molecule has 0 radical (unpaired) electrons. The van der Waals surface area contributed by atoms with Gasteiger partial charge in [0.25, 0.3) is 0 Å². The van der Waals surface area contributed by atoms with Gasteiger partial charge in [0.05, 0.1) is 0 Å². The van der Waals surface area contributed by atoms with Crippen LogP contribution in [-0.2, 0) is 0 Å². The van der Waals surface area contributed by atoms with E-state index in [1.54, 1.807) is 13.1 Å². The minimum absolute atomic E-state index is 0.00921. The average Bonchev–Trinajstić information content (AvgIpc) is 2.15. The molecule has 0 unspecified atom stereocenters. The molecule has 0 aromatic carbocycles. The normalized spacial score (nSPS) is 13.4. The molecule has 17 heavy (non-hydrogen) atoms. The lowest BCUT2D eigenvalue weighted by molar-refractivity contribution is 0.478. The maximum absolute atomic E-state index is 7.20. The monoisotopic (exact) mass is 233 g/mol. The molecule has 0 fully saturated rings. The van der Waals surface area contributed by atoms with Crippen LogP contribution < -0.4 is 5.32 Å². The van der Waals surface area contributed by atoms with Gasteiger partial charge in [-0.05, 0) is 26.0 Å². The molecule has 0 saturated carbocycles. The van der Waals surface area contributed by atoms with Crippen LogP contribution in [0.15, 0.2) is 41.2 Å². The van der Waals surface area contributed by atoms with Crippen molar-refractivity contribution in [2.45, 2.75) is 34.6 Å². The van der Waals surface area contributed by atoms with Crippen LogP contribution in [0.25, 0.3) is 0 Å². The van der Waals surface area contributed by atoms with Crippen LogP contribution in [0.1, 0.15) is 34.6 Å². The van der Waals surface area contributed by atoms with Crippen LogP contribution in [0.4, 0.5) is 0 Å². The van der Waals surface area contributed by atoms with Gasteiger partial charge in [0.2, 0.25) is 0 Å². The number of amidine groups is 1. The molecule has 0 aliphatic rings. The quantitative estimate of drug-likeness (QED) is 0.434. The summed E-state index contributed by atoms with van der Waals surface area (Å²) in [6.07, 6.45) is 7.33. The SMILES string of the molecule is C=C(NC(=CC=NC(C)=N)/C=C\C)C(C)(C)C. The first-order chi connectivity index (χ1) is 7.77. The first-order valence-electron chi connectivity index (χ1n) is 5.66. The highest BCUT2D eigenvalue weighted by atomic mass is 14.9. The largest absolute Gasteiger partial charge is 0.359 e. The first kappa shape index (κ1) is 15.4. The van der Waals surface area contributed by atoms with Gasteiger partial charge >= 0.3 is 0 Å². The van der Waals surface area contributed by atoms with E-state index in [0.29, 0.717) is 0 Å². The Morgan fingerprint density at radius 1 is 1.35 bits per heavy atom. The standard InChI is InChI=1S/C14H23N3/c1-7-8-13(9-10-16-12(3)15)17-11(2)14(4,5)6/h7-10,15,17H,2H2,1,3-6H3/b8-7-,13-9?,15-12?,16-10?. The second-order valence-electron chi connectivity index (χ2n) is 4.84. The molecule has 94 valence electrons. The van der Waals surface area contributed by atoms with Crippen molar-refractivity contribution < 1.29 is 0 Å². The predicted molar refractivity (Wildman–Crippen MR) is 76.5 cm³/mol. The number of nitrogens with one attached hydrogen (secondary N) is 2. The van der Waals surface area contributed by atoms with Crippen LogP contribution in [0.2, 0.25) is 0 Å². The Bertz CT molecular complexity index is 365. The van der Waals surface area contributed by atoms with E-state index in [1.165, 1.54) is 0 Å². The molecule has 0 atom stereocenters. The number of nitrogens with zero attached hydrogens (tertiary/aromatic N) is 1. The van der Waals surface area contributed by atoms with E-state index in [0.717, 1.165) is 11.4 Å². The Balaban J connectivity index is 4.77. The van der Waals surface area contributed by atoms with Gasteiger partial charge in [-0.1, -0.05) is 33.4 Å². The third-order valence-corrected chi connectivity index (χ3v) is 2.07. The van der Waals surface area contributed by atoms with E-state index in [2.05, 4.69) is 37.7 Å². The molecule has 0 bridgehead atoms. The summed E-state index contributed by atoms with van der Waals surface area (Å²) in [5, 5.41) is 10.4. The Hall–Kier alpha value is -1.64. The molecule has 0 rings (SSSR count). The second kappa shape index (κ2) is 6.84. The third-order valence-electron chi connectivity index (χ3n) is 2.07. The highest BCUT2D eigenvalue weighted by molar-refractivity contribution is 5.89. The van der Waals surface area contributed by atoms with Crippen molar-refractivity contribution in [2.24, 2.45) is 10.4 Å². The summed E-state index contributed by atoms with van der Waals surface area (Å²) < 4.78 is 0. The molecule has 0 aromatic rings. The van der Waals surface area contributed by atoms with E-state index in [9.17, 15) is 0 Å². The minimum atomic E-state index is 0.00921. The van der Waals surface area contributed by atoms with E-state index in [1.807, 2.05) is 25.2 Å². The van der Waals surface area contributed by atoms with Crippen molar-refractivity contribution >= 4 is 12.1 Å². The zero-order valence-electron chi connectivity index (χ0n) is 11.5. The van der Waals surface area contributed by atoms with E-state index >= 15 is 0 Å². The lowest BCUT2D eigenvalue weighted by Gasteiger charge is -2.23. The molecule has 0 aromatic heterocycles. The molecule has 0 saturated heterocycles. The van der Waals surface area contributed by atoms with Gasteiger partial charge in [-0.2, -0.15) is 0 Å². The Morgan fingerprint density at radius 3 is 2.35 bits per heavy atom. The summed E-state index contributed by atoms with van der Waals surface area (Å²) in [4.78, 5) is 3.89. The lowest BCUT2D eigenvalue weighted by atomic mass is 9.93. The highest BCUT2D eigenvalue weighted by Crippen LogP contribution is 2.21. The highest BCUT2D eigenvalue weighted by Gasteiger charge is 2.14. The van der Waals surface area contributed by atoms with Crippen molar-refractivity contribution in [1.29, 1.82) is 5.41 Å². The van der Waals surface area contributed by atoms with E-state index in [-0.39, 0.29) is 11.3 Å². The molecule has 3 nitrogen and oxygen atoms in total. The van der Waals surface area contributed by atoms with Crippen LogP contribution >= 0.6 is 0 Å². The second-order valence-corrected chi connectivity index (χ2v) is 4.84. The maximum atomic E-state index is 7.20. The Kier molecular flexibility index (Phi) is 6.18. The Labute approximate surface area is 105 Å². The maximum Gasteiger partial charge on any atom is 0.117 e. The van der Waals surface area contributed by atoms with Gasteiger partial charge in [0, 0.05) is 23.0 Å². The van der Waals surface area contributed by atoms with Crippen LogP contribution in [0.3, 0.4) is 0 Å². The number of rotatable bonds is 4. The van der Waals surface area contributed by atoms with Crippen LogP contribution in [-0.4, -0.2) is 12.1 Å². The van der Waals surface area contributed by atoms with Gasteiger partial charge in [-0.3, -0.25) is 5.41 Å². The van der Waals surface area contributed by atoms with E-state index in [4.69, 9.17) is 5.41 Å². The summed E-state index contributed by atoms with van der Waals surface area (Å²) in [6.45, 7) is 13.9. The molecule has 0 heterocycles. The molecule has 0 aliphatic carbocycles. The van der Waals surface area contributed by atoms with E-state index < -0.39 is 0 Å². The zero-order chi connectivity index (χ0) is 13.5. The lowest BCUT2D eigenvalue weighted by Crippen LogP contribution is -2.22. The minimum Gasteiger partial charge on any atom is -0.359 e. The fraction of sp³-hybridized carbons (Fsp3) is 0.429. The molecular weight excluding hydrogens is 210 g/mol.